The monoisotopic (exact) mass is 853 g/mol. The fraction of sp³-hybridized carbons (Fsp3) is 0.435. The van der Waals surface area contributed by atoms with Gasteiger partial charge in [-0.3, -0.25) is 19.1 Å². The Labute approximate surface area is 363 Å². The van der Waals surface area contributed by atoms with E-state index in [0.29, 0.717) is 24.0 Å². The summed E-state index contributed by atoms with van der Waals surface area (Å²) in [5.41, 5.74) is 11.3. The zero-order valence-electron chi connectivity index (χ0n) is 35.8. The summed E-state index contributed by atoms with van der Waals surface area (Å²) >= 11 is 13.7. The van der Waals surface area contributed by atoms with Crippen LogP contribution in [0.2, 0.25) is 10.0 Å². The molecule has 12 nitrogen and oxygen atoms in total. The number of hydrogen-bond donors (Lipinski definition) is 2. The lowest BCUT2D eigenvalue weighted by Crippen LogP contribution is -2.38. The van der Waals surface area contributed by atoms with Crippen LogP contribution < -0.4 is 15.4 Å². The number of anilines is 1. The van der Waals surface area contributed by atoms with Crippen molar-refractivity contribution in [1.82, 2.24) is 39.3 Å². The number of aromatic nitrogens is 6. The molecule has 2 N–H and O–H groups in total. The van der Waals surface area contributed by atoms with Gasteiger partial charge in [0.25, 0.3) is 0 Å². The first-order chi connectivity index (χ1) is 28.9. The normalized spacial score (nSPS) is 14.4. The molecule has 1 amide bonds. The summed E-state index contributed by atoms with van der Waals surface area (Å²) in [5, 5.41) is 18.7. The van der Waals surface area contributed by atoms with Gasteiger partial charge >= 0.3 is 0 Å². The molecular formula is C46H57Cl2N9O3. The Morgan fingerprint density at radius 2 is 1.73 bits per heavy atom. The maximum atomic E-state index is 11.4. The molecule has 6 aromatic rings. The molecule has 0 radical (unpaired) electrons. The molecule has 1 aliphatic rings. The lowest BCUT2D eigenvalue weighted by Gasteiger charge is -2.27. The van der Waals surface area contributed by atoms with Gasteiger partial charge in [-0.1, -0.05) is 29.3 Å². The molecule has 7 rings (SSSR count). The van der Waals surface area contributed by atoms with Crippen molar-refractivity contribution < 1.29 is 14.3 Å². The minimum Gasteiger partial charge on any atom is -0.494 e. The Hall–Kier alpha value is -4.88. The molecule has 1 aliphatic heterocycles. The third kappa shape index (κ3) is 9.68. The Morgan fingerprint density at radius 3 is 2.42 bits per heavy atom. The minimum atomic E-state index is -0.0978. The van der Waals surface area contributed by atoms with Crippen molar-refractivity contribution in [3.8, 4) is 28.3 Å². The van der Waals surface area contributed by atoms with Gasteiger partial charge < -0.3 is 24.7 Å². The van der Waals surface area contributed by atoms with Crippen LogP contribution in [0.1, 0.15) is 59.3 Å². The molecular weight excluding hydrogens is 797 g/mol. The Balaban J connectivity index is 1.32. The predicted molar refractivity (Wildman–Crippen MR) is 242 cm³/mol. The summed E-state index contributed by atoms with van der Waals surface area (Å²) < 4.78 is 18.1. The lowest BCUT2D eigenvalue weighted by molar-refractivity contribution is -0.109. The number of halogens is 2. The van der Waals surface area contributed by atoms with Crippen LogP contribution in [-0.4, -0.2) is 92.5 Å². The number of nitrogens with one attached hydrogen (secondary N) is 2. The van der Waals surface area contributed by atoms with Crippen LogP contribution in [0.5, 0.6) is 5.75 Å². The van der Waals surface area contributed by atoms with E-state index in [0.717, 1.165) is 126 Å². The zero-order valence-corrected chi connectivity index (χ0v) is 37.3. The highest BCUT2D eigenvalue weighted by molar-refractivity contribution is 6.34. The van der Waals surface area contributed by atoms with Crippen molar-refractivity contribution >= 4 is 46.2 Å². The highest BCUT2D eigenvalue weighted by Gasteiger charge is 2.27. The smallest absolute Gasteiger partial charge is 0.207 e. The molecule has 0 bridgehead atoms. The van der Waals surface area contributed by atoms with Crippen molar-refractivity contribution in [3.05, 3.63) is 98.7 Å². The SMILES string of the molecule is Cc1cc(OCCCC(Cc2cn(CCN3CCOCC3)c3ccc(-c4ncn(C)n4)cc23)c2ccc(Cl)c(-c3c(C)nn(C)c3C)c2N[C@H](C)CNC=O)cc(C)c1Cl. The quantitative estimate of drug-likeness (QED) is 0.0654. The third-order valence-electron chi connectivity index (χ3n) is 11.7. The van der Waals surface area contributed by atoms with Crippen molar-refractivity contribution in [2.24, 2.45) is 14.1 Å². The molecule has 4 heterocycles. The van der Waals surface area contributed by atoms with Crippen molar-refractivity contribution in [1.29, 1.82) is 0 Å². The summed E-state index contributed by atoms with van der Waals surface area (Å²) in [4.78, 5) is 18.5. The van der Waals surface area contributed by atoms with Gasteiger partial charge in [-0.2, -0.15) is 10.2 Å². The largest absolute Gasteiger partial charge is 0.494 e. The van der Waals surface area contributed by atoms with Crippen LogP contribution in [0.4, 0.5) is 5.69 Å². The first-order valence-corrected chi connectivity index (χ1v) is 21.6. The van der Waals surface area contributed by atoms with E-state index in [2.05, 4.69) is 74.5 Å². The highest BCUT2D eigenvalue weighted by atomic mass is 35.5. The summed E-state index contributed by atoms with van der Waals surface area (Å²) in [5.74, 6) is 1.56. The fourth-order valence-corrected chi connectivity index (χ4v) is 8.90. The van der Waals surface area contributed by atoms with Gasteiger partial charge in [-0.15, -0.1) is 0 Å². The number of amides is 1. The first kappa shape index (κ1) is 43.2. The molecule has 1 saturated heterocycles. The second-order valence-corrected chi connectivity index (χ2v) is 17.0. The van der Waals surface area contributed by atoms with Crippen LogP contribution in [0.25, 0.3) is 33.4 Å². The standard InChI is InChI=1S/C46H57Cl2N9O3/c1-29-21-37(22-30(2)44(29)48)60-18-8-9-34(38-11-12-40(47)43(42-32(4)52-55(7)33(42)5)45(38)51-31(3)25-49-28-58)23-36-26-57(15-14-56-16-19-59-20-17-56)41-13-10-35(24-39(36)41)46-50-27-54(6)53-46/h10-13,21-22,24,26-28,31,34,51H,8-9,14-20,23,25H2,1-7H3,(H,49,58)/t31-,34?/m1/s1. The van der Waals surface area contributed by atoms with Crippen LogP contribution in [0.15, 0.2) is 55.0 Å². The molecule has 318 valence electrons. The number of morpholine rings is 1. The van der Waals surface area contributed by atoms with E-state index in [9.17, 15) is 4.79 Å². The molecule has 3 aromatic heterocycles. The van der Waals surface area contributed by atoms with Gasteiger partial charge in [0.2, 0.25) is 6.41 Å². The Morgan fingerprint density at radius 1 is 0.967 bits per heavy atom. The number of benzene rings is 3. The number of nitrogens with zero attached hydrogens (tertiary/aromatic N) is 7. The number of aryl methyl sites for hydroxylation is 5. The second kappa shape index (κ2) is 19.2. The summed E-state index contributed by atoms with van der Waals surface area (Å²) in [6, 6.07) is 14.7. The number of ether oxygens (including phenoxy) is 2. The van der Waals surface area contributed by atoms with E-state index in [1.807, 2.05) is 57.7 Å². The fourth-order valence-electron chi connectivity index (χ4n) is 8.54. The van der Waals surface area contributed by atoms with Gasteiger partial charge in [0.05, 0.1) is 30.5 Å². The number of hydrogen-bond acceptors (Lipinski definition) is 8. The minimum absolute atomic E-state index is 0.0410. The topological polar surface area (TPSA) is 116 Å². The maximum absolute atomic E-state index is 11.4. The summed E-state index contributed by atoms with van der Waals surface area (Å²) in [6.45, 7) is 16.4. The van der Waals surface area contributed by atoms with Crippen LogP contribution in [0.3, 0.4) is 0 Å². The Bertz CT molecular complexity index is 2430. The zero-order chi connectivity index (χ0) is 42.5. The van der Waals surface area contributed by atoms with Gasteiger partial charge in [-0.25, -0.2) is 4.98 Å². The molecule has 1 fully saturated rings. The number of fused-ring (bicyclic) bond motifs is 1. The average Bonchev–Trinajstić information content (AvgIpc) is 3.90. The van der Waals surface area contributed by atoms with Crippen molar-refractivity contribution in [2.75, 3.05) is 51.3 Å². The van der Waals surface area contributed by atoms with Crippen molar-refractivity contribution in [2.45, 2.75) is 72.4 Å². The molecule has 0 aliphatic carbocycles. The Kier molecular flexibility index (Phi) is 13.8. The number of carbonyl (C=O) groups is 1. The predicted octanol–water partition coefficient (Wildman–Crippen LogP) is 8.44. The number of carbonyl (C=O) groups excluding carboxylic acids is 1. The molecule has 2 atom stereocenters. The van der Waals surface area contributed by atoms with E-state index in [4.69, 9.17) is 37.8 Å². The lowest BCUT2D eigenvalue weighted by atomic mass is 9.84. The molecule has 0 saturated carbocycles. The number of rotatable bonds is 18. The van der Waals surface area contributed by atoms with Gasteiger partial charge in [0.15, 0.2) is 5.82 Å². The van der Waals surface area contributed by atoms with Crippen LogP contribution in [0, 0.1) is 27.7 Å². The maximum Gasteiger partial charge on any atom is 0.207 e. The van der Waals surface area contributed by atoms with E-state index < -0.39 is 0 Å². The van der Waals surface area contributed by atoms with Gasteiger partial charge in [0.1, 0.15) is 12.1 Å². The van der Waals surface area contributed by atoms with Gasteiger partial charge in [0, 0.05) is 103 Å². The van der Waals surface area contributed by atoms with Crippen molar-refractivity contribution in [3.63, 3.8) is 0 Å². The third-order valence-corrected chi connectivity index (χ3v) is 12.6. The van der Waals surface area contributed by atoms with Gasteiger partial charge in [-0.05, 0) is 118 Å². The van der Waals surface area contributed by atoms with Crippen LogP contribution in [-0.2, 0) is 36.6 Å². The molecule has 14 heteroatoms. The molecule has 0 spiro atoms. The first-order valence-electron chi connectivity index (χ1n) is 20.9. The van der Waals surface area contributed by atoms with E-state index in [1.54, 1.807) is 11.0 Å². The average molecular weight is 855 g/mol. The molecule has 1 unspecified atom stereocenters. The second-order valence-electron chi connectivity index (χ2n) is 16.2. The van der Waals surface area contributed by atoms with E-state index in [1.165, 1.54) is 16.5 Å². The van der Waals surface area contributed by atoms with E-state index >= 15 is 0 Å². The summed E-state index contributed by atoms with van der Waals surface area (Å²) in [6.07, 6.45) is 7.20. The van der Waals surface area contributed by atoms with E-state index in [-0.39, 0.29) is 12.0 Å². The highest BCUT2D eigenvalue weighted by Crippen LogP contribution is 2.45. The summed E-state index contributed by atoms with van der Waals surface area (Å²) in [7, 11) is 3.85. The van der Waals surface area contributed by atoms with Crippen LogP contribution >= 0.6 is 23.2 Å². The molecule has 60 heavy (non-hydrogen) atoms. The molecule has 3 aromatic carbocycles.